The van der Waals surface area contributed by atoms with Crippen LogP contribution in [0, 0.1) is 0 Å². The number of rotatable bonds is 9. The molecule has 192 valence electrons. The highest BCUT2D eigenvalue weighted by Crippen LogP contribution is 2.26. The highest BCUT2D eigenvalue weighted by atomic mass is 32.2. The predicted octanol–water partition coefficient (Wildman–Crippen LogP) is 3.99. The van der Waals surface area contributed by atoms with Crippen molar-refractivity contribution in [3.05, 3.63) is 78.9 Å². The molecule has 1 aliphatic heterocycles. The van der Waals surface area contributed by atoms with Gasteiger partial charge in [0.15, 0.2) is 0 Å². The maximum atomic E-state index is 12.9. The third kappa shape index (κ3) is 6.20. The summed E-state index contributed by atoms with van der Waals surface area (Å²) in [4.78, 5) is 16.2. The second-order valence-electron chi connectivity index (χ2n) is 9.03. The number of nitrogens with zero attached hydrogens (tertiary/aromatic N) is 4. The Morgan fingerprint density at radius 3 is 2.38 bits per heavy atom. The van der Waals surface area contributed by atoms with Gasteiger partial charge in [0, 0.05) is 52.2 Å². The van der Waals surface area contributed by atoms with Crippen LogP contribution in [0.25, 0.3) is 10.9 Å². The Morgan fingerprint density at radius 1 is 0.892 bits per heavy atom. The Morgan fingerprint density at radius 2 is 1.62 bits per heavy atom. The van der Waals surface area contributed by atoms with Crippen LogP contribution in [0.3, 0.4) is 0 Å². The first-order valence-corrected chi connectivity index (χ1v) is 15.3. The molecule has 0 unspecified atom stereocenters. The summed E-state index contributed by atoms with van der Waals surface area (Å²) >= 11 is 0. The van der Waals surface area contributed by atoms with E-state index in [4.69, 9.17) is 0 Å². The number of unbranched alkanes of at least 4 members (excludes halogenated alkanes) is 1. The van der Waals surface area contributed by atoms with Crippen LogP contribution >= 0.6 is 0 Å². The lowest BCUT2D eigenvalue weighted by Crippen LogP contribution is -2.38. The minimum absolute atomic E-state index is 0.237. The van der Waals surface area contributed by atoms with Gasteiger partial charge < -0.3 is 10.2 Å². The van der Waals surface area contributed by atoms with Gasteiger partial charge in [-0.05, 0) is 68.3 Å². The molecule has 0 aliphatic carbocycles. The predicted molar refractivity (Wildman–Crippen MR) is 146 cm³/mol. The molecule has 10 heteroatoms. The largest absolute Gasteiger partial charge is 0.340 e. The lowest BCUT2D eigenvalue weighted by Gasteiger charge is -2.25. The molecular weight excluding hydrogens is 506 g/mol. The van der Waals surface area contributed by atoms with E-state index in [-0.39, 0.29) is 9.79 Å². The Kier molecular flexibility index (Phi) is 7.87. The number of fused-ring (bicyclic) bond motifs is 1. The monoisotopic (exact) mass is 535 g/mol. The van der Waals surface area contributed by atoms with E-state index in [2.05, 4.69) is 25.2 Å². The smallest absolute Gasteiger partial charge is 0.206 e. The molecule has 0 bridgehead atoms. The van der Waals surface area contributed by atoms with Gasteiger partial charge in [0.25, 0.3) is 0 Å². The van der Waals surface area contributed by atoms with Crippen molar-refractivity contribution in [2.45, 2.75) is 29.1 Å². The van der Waals surface area contributed by atoms with Gasteiger partial charge in [-0.25, -0.2) is 18.4 Å². The fourth-order valence-electron chi connectivity index (χ4n) is 4.37. The summed E-state index contributed by atoms with van der Waals surface area (Å²) < 4.78 is 37.2. The van der Waals surface area contributed by atoms with E-state index < -0.39 is 20.6 Å². The van der Waals surface area contributed by atoms with Gasteiger partial charge >= 0.3 is 0 Å². The summed E-state index contributed by atoms with van der Waals surface area (Å²) in [7, 11) is -4.21. The first kappa shape index (κ1) is 25.4. The van der Waals surface area contributed by atoms with Gasteiger partial charge in [-0.15, -0.1) is 0 Å². The molecule has 8 nitrogen and oxygen atoms in total. The minimum Gasteiger partial charge on any atom is -0.340 e. The van der Waals surface area contributed by atoms with Crippen LogP contribution in [0.15, 0.2) is 83.0 Å². The molecule has 5 rings (SSSR count). The third-order valence-corrected chi connectivity index (χ3v) is 9.55. The van der Waals surface area contributed by atoms with Gasteiger partial charge in [-0.1, -0.05) is 18.2 Å². The van der Waals surface area contributed by atoms with Gasteiger partial charge in [0.05, 0.1) is 21.5 Å². The number of pyridine rings is 1. The molecule has 2 aromatic carbocycles. The van der Waals surface area contributed by atoms with Crippen molar-refractivity contribution in [3.63, 3.8) is 0 Å². The Hall–Kier alpha value is -3.21. The number of hydrogen-bond acceptors (Lipinski definition) is 8. The standard InChI is InChI=1S/C27H29N5O3S2/c33-36-16-14-32(15-17-36)13-5-4-6-22-18-25-26(19-28-22)29-20-30-27(25)31-21-9-11-24(12-10-21)37(34,35)23-7-2-1-3-8-23/h1-3,7-12,18-20H,4-6,13-17H2,(H,29,30,31). The van der Waals surface area contributed by atoms with E-state index in [0.29, 0.717) is 5.82 Å². The molecule has 0 spiro atoms. The quantitative estimate of drug-likeness (QED) is 0.321. The summed E-state index contributed by atoms with van der Waals surface area (Å²) in [6.07, 6.45) is 6.21. The zero-order valence-corrected chi connectivity index (χ0v) is 22.0. The highest BCUT2D eigenvalue weighted by Gasteiger charge is 2.17. The van der Waals surface area contributed by atoms with E-state index in [0.717, 1.165) is 72.7 Å². The molecule has 2 aromatic heterocycles. The van der Waals surface area contributed by atoms with E-state index in [9.17, 15) is 12.6 Å². The van der Waals surface area contributed by atoms with Gasteiger partial charge in [0.2, 0.25) is 9.84 Å². The summed E-state index contributed by atoms with van der Waals surface area (Å²) in [6, 6.07) is 17.1. The van der Waals surface area contributed by atoms with Crippen molar-refractivity contribution in [1.82, 2.24) is 19.9 Å². The van der Waals surface area contributed by atoms with Crippen molar-refractivity contribution in [2.75, 3.05) is 36.5 Å². The third-order valence-electron chi connectivity index (χ3n) is 6.49. The fraction of sp³-hybridized carbons (Fsp3) is 0.296. The van der Waals surface area contributed by atoms with Crippen LogP contribution in [-0.4, -0.2) is 63.6 Å². The van der Waals surface area contributed by atoms with Crippen LogP contribution in [0.4, 0.5) is 11.5 Å². The normalized spacial score (nSPS) is 15.1. The van der Waals surface area contributed by atoms with Crippen LogP contribution in [0.2, 0.25) is 0 Å². The summed E-state index contributed by atoms with van der Waals surface area (Å²) in [6.45, 7) is 2.87. The van der Waals surface area contributed by atoms with Crippen molar-refractivity contribution < 1.29 is 12.6 Å². The van der Waals surface area contributed by atoms with E-state index in [1.165, 1.54) is 6.33 Å². The molecule has 3 heterocycles. The minimum atomic E-state index is -3.57. The molecule has 1 aliphatic rings. The number of nitrogens with one attached hydrogen (secondary N) is 1. The average Bonchev–Trinajstić information content (AvgIpc) is 2.93. The topological polar surface area (TPSA) is 105 Å². The SMILES string of the molecule is O=S1CCN(CCCCc2cc3c(Nc4ccc(S(=O)(=O)c5ccccc5)cc4)ncnc3cn2)CC1. The molecule has 0 atom stereocenters. The van der Waals surface area contributed by atoms with Crippen molar-refractivity contribution in [1.29, 1.82) is 0 Å². The summed E-state index contributed by atoms with van der Waals surface area (Å²) in [5.41, 5.74) is 2.45. The second kappa shape index (κ2) is 11.5. The molecule has 0 saturated carbocycles. The number of benzene rings is 2. The fourth-order valence-corrected chi connectivity index (χ4v) is 6.78. The first-order chi connectivity index (χ1) is 18.0. The Balaban J connectivity index is 1.25. The van der Waals surface area contributed by atoms with Crippen molar-refractivity contribution >= 4 is 43.0 Å². The summed E-state index contributed by atoms with van der Waals surface area (Å²) in [5, 5.41) is 4.17. The van der Waals surface area contributed by atoms with E-state index in [1.807, 2.05) is 6.07 Å². The van der Waals surface area contributed by atoms with Crippen molar-refractivity contribution in [2.24, 2.45) is 0 Å². The van der Waals surface area contributed by atoms with E-state index >= 15 is 0 Å². The first-order valence-electron chi connectivity index (χ1n) is 12.3. The van der Waals surface area contributed by atoms with Gasteiger partial charge in [-0.3, -0.25) is 9.19 Å². The molecule has 1 saturated heterocycles. The number of sulfone groups is 1. The number of aryl methyl sites for hydroxylation is 1. The summed E-state index contributed by atoms with van der Waals surface area (Å²) in [5.74, 6) is 2.22. The number of aromatic nitrogens is 3. The average molecular weight is 536 g/mol. The molecule has 37 heavy (non-hydrogen) atoms. The molecule has 0 radical (unpaired) electrons. The van der Waals surface area contributed by atoms with Crippen LogP contribution in [-0.2, 0) is 27.1 Å². The maximum Gasteiger partial charge on any atom is 0.206 e. The maximum absolute atomic E-state index is 12.9. The van der Waals surface area contributed by atoms with Crippen LogP contribution < -0.4 is 5.32 Å². The molecule has 1 N–H and O–H groups in total. The van der Waals surface area contributed by atoms with Gasteiger partial charge in [-0.2, -0.15) is 0 Å². The van der Waals surface area contributed by atoms with E-state index in [1.54, 1.807) is 60.8 Å². The zero-order chi connectivity index (χ0) is 25.7. The van der Waals surface area contributed by atoms with Gasteiger partial charge in [0.1, 0.15) is 12.1 Å². The van der Waals surface area contributed by atoms with Crippen LogP contribution in [0.1, 0.15) is 18.5 Å². The molecular formula is C27H29N5O3S2. The number of anilines is 2. The lowest BCUT2D eigenvalue weighted by molar-refractivity contribution is 0.293. The number of hydrogen-bond donors (Lipinski definition) is 1. The Labute approximate surface area is 219 Å². The molecule has 1 fully saturated rings. The zero-order valence-electron chi connectivity index (χ0n) is 20.4. The Bertz CT molecular complexity index is 1490. The molecule has 4 aromatic rings. The second-order valence-corrected chi connectivity index (χ2v) is 12.7. The van der Waals surface area contributed by atoms with Crippen LogP contribution in [0.5, 0.6) is 0 Å². The molecule has 0 amide bonds. The highest BCUT2D eigenvalue weighted by molar-refractivity contribution is 7.91. The van der Waals surface area contributed by atoms with Crippen molar-refractivity contribution in [3.8, 4) is 0 Å². The lowest BCUT2D eigenvalue weighted by atomic mass is 10.1.